The Balaban J connectivity index is 3.10. The number of rotatable bonds is 6. The SMILES string of the molecule is COC(=O)CCC(OC)(OC)c1cc(C)ccc1C. The van der Waals surface area contributed by atoms with Crippen LogP contribution in [0.2, 0.25) is 0 Å². The van der Waals surface area contributed by atoms with Crippen molar-refractivity contribution in [2.45, 2.75) is 32.5 Å². The van der Waals surface area contributed by atoms with Gasteiger partial charge in [0.2, 0.25) is 0 Å². The molecule has 0 aromatic heterocycles. The van der Waals surface area contributed by atoms with Crippen molar-refractivity contribution in [3.8, 4) is 0 Å². The largest absolute Gasteiger partial charge is 0.469 e. The highest BCUT2D eigenvalue weighted by Gasteiger charge is 2.34. The van der Waals surface area contributed by atoms with Crippen LogP contribution < -0.4 is 0 Å². The van der Waals surface area contributed by atoms with Gasteiger partial charge in [-0.3, -0.25) is 4.79 Å². The van der Waals surface area contributed by atoms with Crippen LogP contribution in [0.1, 0.15) is 29.5 Å². The molecule has 0 atom stereocenters. The van der Waals surface area contributed by atoms with E-state index < -0.39 is 5.79 Å². The summed E-state index contributed by atoms with van der Waals surface area (Å²) in [7, 11) is 4.55. The number of hydrogen-bond acceptors (Lipinski definition) is 4. The highest BCUT2D eigenvalue weighted by Crippen LogP contribution is 2.34. The van der Waals surface area contributed by atoms with Gasteiger partial charge in [-0.1, -0.05) is 23.8 Å². The summed E-state index contributed by atoms with van der Waals surface area (Å²) in [5.41, 5.74) is 3.14. The van der Waals surface area contributed by atoms with Crippen molar-refractivity contribution in [3.05, 3.63) is 34.9 Å². The van der Waals surface area contributed by atoms with Gasteiger partial charge in [0.15, 0.2) is 5.79 Å². The molecule has 0 bridgehead atoms. The fraction of sp³-hybridized carbons (Fsp3) is 0.533. The third-order valence-electron chi connectivity index (χ3n) is 3.35. The van der Waals surface area contributed by atoms with Crippen molar-refractivity contribution in [2.24, 2.45) is 0 Å². The topological polar surface area (TPSA) is 44.8 Å². The van der Waals surface area contributed by atoms with E-state index >= 15 is 0 Å². The highest BCUT2D eigenvalue weighted by molar-refractivity contribution is 5.69. The van der Waals surface area contributed by atoms with Crippen LogP contribution in [0, 0.1) is 13.8 Å². The minimum atomic E-state index is -0.912. The second kappa shape index (κ2) is 6.68. The van der Waals surface area contributed by atoms with E-state index in [1.807, 2.05) is 32.0 Å². The zero-order chi connectivity index (χ0) is 14.5. The Hall–Kier alpha value is -1.39. The third kappa shape index (κ3) is 3.55. The number of aryl methyl sites for hydroxylation is 2. The maximum absolute atomic E-state index is 11.3. The minimum absolute atomic E-state index is 0.242. The summed E-state index contributed by atoms with van der Waals surface area (Å²) in [5, 5.41) is 0. The first-order valence-corrected chi connectivity index (χ1v) is 6.24. The first-order valence-electron chi connectivity index (χ1n) is 6.24. The molecule has 106 valence electrons. The first kappa shape index (κ1) is 15.7. The molecule has 1 aromatic carbocycles. The maximum Gasteiger partial charge on any atom is 0.305 e. The van der Waals surface area contributed by atoms with Gasteiger partial charge in [-0.2, -0.15) is 0 Å². The first-order chi connectivity index (χ1) is 8.99. The molecule has 0 fully saturated rings. The van der Waals surface area contributed by atoms with Gasteiger partial charge < -0.3 is 14.2 Å². The molecular formula is C15H22O4. The fourth-order valence-corrected chi connectivity index (χ4v) is 2.16. The summed E-state index contributed by atoms with van der Waals surface area (Å²) in [6, 6.07) is 6.09. The van der Waals surface area contributed by atoms with Gasteiger partial charge in [-0.05, 0) is 19.4 Å². The molecule has 0 amide bonds. The predicted molar refractivity (Wildman–Crippen MR) is 72.9 cm³/mol. The lowest BCUT2D eigenvalue weighted by Gasteiger charge is -2.32. The van der Waals surface area contributed by atoms with Gasteiger partial charge in [0, 0.05) is 26.2 Å². The fourth-order valence-electron chi connectivity index (χ4n) is 2.16. The number of benzene rings is 1. The Kier molecular flexibility index (Phi) is 5.51. The van der Waals surface area contributed by atoms with E-state index in [9.17, 15) is 4.79 Å². The number of esters is 1. The van der Waals surface area contributed by atoms with Gasteiger partial charge in [0.1, 0.15) is 0 Å². The highest BCUT2D eigenvalue weighted by atomic mass is 16.7. The summed E-state index contributed by atoms with van der Waals surface area (Å²) >= 11 is 0. The Morgan fingerprint density at radius 2 is 1.79 bits per heavy atom. The van der Waals surface area contributed by atoms with Crippen molar-refractivity contribution >= 4 is 5.97 Å². The van der Waals surface area contributed by atoms with Gasteiger partial charge >= 0.3 is 5.97 Å². The summed E-state index contributed by atoms with van der Waals surface area (Å²) in [5.74, 6) is -1.19. The van der Waals surface area contributed by atoms with Crippen LogP contribution in [0.15, 0.2) is 18.2 Å². The van der Waals surface area contributed by atoms with Gasteiger partial charge in [0.25, 0.3) is 0 Å². The number of methoxy groups -OCH3 is 3. The molecule has 0 spiro atoms. The molecule has 1 rings (SSSR count). The molecule has 0 N–H and O–H groups in total. The van der Waals surface area contributed by atoms with Gasteiger partial charge in [-0.25, -0.2) is 0 Å². The van der Waals surface area contributed by atoms with Crippen LogP contribution >= 0.6 is 0 Å². The predicted octanol–water partition coefficient (Wildman–Crippen LogP) is 2.70. The molecule has 0 heterocycles. The lowest BCUT2D eigenvalue weighted by atomic mass is 9.94. The number of carbonyl (C=O) groups excluding carboxylic acids is 1. The van der Waals surface area contributed by atoms with Gasteiger partial charge in [-0.15, -0.1) is 0 Å². The van der Waals surface area contributed by atoms with E-state index in [1.165, 1.54) is 7.11 Å². The van der Waals surface area contributed by atoms with Crippen molar-refractivity contribution in [1.82, 2.24) is 0 Å². The number of carbonyl (C=O) groups is 1. The van der Waals surface area contributed by atoms with Crippen molar-refractivity contribution < 1.29 is 19.0 Å². The second-order valence-electron chi connectivity index (χ2n) is 4.56. The third-order valence-corrected chi connectivity index (χ3v) is 3.35. The maximum atomic E-state index is 11.3. The van der Waals surface area contributed by atoms with E-state index in [1.54, 1.807) is 14.2 Å². The van der Waals surface area contributed by atoms with Crippen LogP contribution in [0.25, 0.3) is 0 Å². The zero-order valence-electron chi connectivity index (χ0n) is 12.3. The molecule has 1 aromatic rings. The molecule has 0 unspecified atom stereocenters. The lowest BCUT2D eigenvalue weighted by molar-refractivity contribution is -0.222. The molecule has 4 heteroatoms. The van der Waals surface area contributed by atoms with Crippen molar-refractivity contribution in [1.29, 1.82) is 0 Å². The van der Waals surface area contributed by atoms with E-state index in [4.69, 9.17) is 9.47 Å². The Morgan fingerprint density at radius 1 is 1.16 bits per heavy atom. The van der Waals surface area contributed by atoms with Crippen LogP contribution in [-0.2, 0) is 24.8 Å². The summed E-state index contributed by atoms with van der Waals surface area (Å²) in [6.45, 7) is 4.01. The molecular weight excluding hydrogens is 244 g/mol. The van der Waals surface area contributed by atoms with Crippen LogP contribution in [0.5, 0.6) is 0 Å². The van der Waals surface area contributed by atoms with E-state index in [0.717, 1.165) is 16.7 Å². The Morgan fingerprint density at radius 3 is 2.32 bits per heavy atom. The average molecular weight is 266 g/mol. The molecule has 0 radical (unpaired) electrons. The minimum Gasteiger partial charge on any atom is -0.469 e. The van der Waals surface area contributed by atoms with E-state index in [0.29, 0.717) is 6.42 Å². The summed E-state index contributed by atoms with van der Waals surface area (Å²) in [6.07, 6.45) is 0.655. The average Bonchev–Trinajstić information content (AvgIpc) is 2.43. The van der Waals surface area contributed by atoms with E-state index in [2.05, 4.69) is 4.74 Å². The number of ether oxygens (including phenoxy) is 3. The van der Waals surface area contributed by atoms with E-state index in [-0.39, 0.29) is 12.4 Å². The molecule has 0 saturated heterocycles. The van der Waals surface area contributed by atoms with Crippen LogP contribution in [-0.4, -0.2) is 27.3 Å². The Labute approximate surface area is 114 Å². The molecule has 0 saturated carbocycles. The normalized spacial score (nSPS) is 11.4. The van der Waals surface area contributed by atoms with Crippen LogP contribution in [0.4, 0.5) is 0 Å². The van der Waals surface area contributed by atoms with Crippen molar-refractivity contribution in [3.63, 3.8) is 0 Å². The molecule has 19 heavy (non-hydrogen) atoms. The van der Waals surface area contributed by atoms with Crippen molar-refractivity contribution in [2.75, 3.05) is 21.3 Å². The lowest BCUT2D eigenvalue weighted by Crippen LogP contribution is -2.32. The molecule has 0 aliphatic heterocycles. The van der Waals surface area contributed by atoms with Crippen LogP contribution in [0.3, 0.4) is 0 Å². The van der Waals surface area contributed by atoms with Gasteiger partial charge in [0.05, 0.1) is 13.5 Å². The second-order valence-corrected chi connectivity index (χ2v) is 4.56. The Bertz CT molecular complexity index is 436. The quantitative estimate of drug-likeness (QED) is 0.586. The smallest absolute Gasteiger partial charge is 0.305 e. The summed E-state index contributed by atoms with van der Waals surface area (Å²) in [4.78, 5) is 11.3. The molecule has 0 aliphatic carbocycles. The molecule has 0 aliphatic rings. The monoisotopic (exact) mass is 266 g/mol. The zero-order valence-corrected chi connectivity index (χ0v) is 12.3. The standard InChI is InChI=1S/C15H22O4/c1-11-6-7-12(2)13(10-11)15(18-4,19-5)9-8-14(16)17-3/h6-7,10H,8-9H2,1-5H3. The summed E-state index contributed by atoms with van der Waals surface area (Å²) < 4.78 is 15.8. The number of hydrogen-bond donors (Lipinski definition) is 0. The molecule has 4 nitrogen and oxygen atoms in total.